The minimum Gasteiger partial charge on any atom is -0.0880 e. The predicted molar refractivity (Wildman–Crippen MR) is 48.4 cm³/mol. The summed E-state index contributed by atoms with van der Waals surface area (Å²) < 4.78 is 0. The highest BCUT2D eigenvalue weighted by Crippen LogP contribution is 2.55. The van der Waals surface area contributed by atoms with Crippen LogP contribution in [0.2, 0.25) is 0 Å². The van der Waals surface area contributed by atoms with Crippen LogP contribution < -0.4 is 0 Å². The molecule has 1 fully saturated rings. The summed E-state index contributed by atoms with van der Waals surface area (Å²) in [6.45, 7) is 4.83. The molecule has 0 amide bonds. The van der Waals surface area contributed by atoms with Crippen molar-refractivity contribution in [3.63, 3.8) is 0 Å². The Balaban J connectivity index is 2.09. The van der Waals surface area contributed by atoms with Gasteiger partial charge in [0.25, 0.3) is 0 Å². The Morgan fingerprint density at radius 2 is 1.64 bits per heavy atom. The van der Waals surface area contributed by atoms with E-state index in [0.29, 0.717) is 10.8 Å². The SMILES string of the molecule is CC1(C)CCC2(CC=CC2)C1. The highest BCUT2D eigenvalue weighted by Gasteiger charge is 2.42. The fourth-order valence-corrected chi connectivity index (χ4v) is 2.89. The predicted octanol–water partition coefficient (Wildman–Crippen LogP) is 3.53. The zero-order valence-corrected chi connectivity index (χ0v) is 7.69. The lowest BCUT2D eigenvalue weighted by molar-refractivity contribution is 0.270. The highest BCUT2D eigenvalue weighted by molar-refractivity contribution is 5.07. The summed E-state index contributed by atoms with van der Waals surface area (Å²) in [5, 5.41) is 0. The Morgan fingerprint density at radius 3 is 2.09 bits per heavy atom. The molecule has 0 nitrogen and oxygen atoms in total. The summed E-state index contributed by atoms with van der Waals surface area (Å²) in [5.41, 5.74) is 1.34. The van der Waals surface area contributed by atoms with Crippen molar-refractivity contribution in [2.45, 2.75) is 46.0 Å². The molecule has 2 aliphatic carbocycles. The molecule has 2 rings (SSSR count). The van der Waals surface area contributed by atoms with Crippen LogP contribution in [0.25, 0.3) is 0 Å². The molecule has 0 aromatic heterocycles. The van der Waals surface area contributed by atoms with Crippen LogP contribution in [0.15, 0.2) is 12.2 Å². The topological polar surface area (TPSA) is 0 Å². The minimum absolute atomic E-state index is 0.631. The van der Waals surface area contributed by atoms with E-state index in [1.54, 1.807) is 0 Å². The van der Waals surface area contributed by atoms with E-state index in [4.69, 9.17) is 0 Å². The van der Waals surface area contributed by atoms with Gasteiger partial charge in [-0.05, 0) is 42.9 Å². The third-order valence-electron chi connectivity index (χ3n) is 3.45. The van der Waals surface area contributed by atoms with Crippen molar-refractivity contribution in [3.05, 3.63) is 12.2 Å². The average Bonchev–Trinajstić information content (AvgIpc) is 2.43. The van der Waals surface area contributed by atoms with Crippen molar-refractivity contribution in [1.29, 1.82) is 0 Å². The van der Waals surface area contributed by atoms with Crippen LogP contribution in [-0.4, -0.2) is 0 Å². The number of allylic oxidation sites excluding steroid dienone is 2. The van der Waals surface area contributed by atoms with Crippen molar-refractivity contribution in [3.8, 4) is 0 Å². The van der Waals surface area contributed by atoms with Crippen molar-refractivity contribution < 1.29 is 0 Å². The largest absolute Gasteiger partial charge is 0.0880 e. The van der Waals surface area contributed by atoms with Gasteiger partial charge in [0.2, 0.25) is 0 Å². The van der Waals surface area contributed by atoms with Crippen LogP contribution in [0.3, 0.4) is 0 Å². The van der Waals surface area contributed by atoms with Gasteiger partial charge < -0.3 is 0 Å². The second-order valence-corrected chi connectivity index (χ2v) is 5.22. The van der Waals surface area contributed by atoms with Crippen molar-refractivity contribution >= 4 is 0 Å². The fraction of sp³-hybridized carbons (Fsp3) is 0.818. The molecule has 1 saturated carbocycles. The van der Waals surface area contributed by atoms with Gasteiger partial charge in [-0.25, -0.2) is 0 Å². The van der Waals surface area contributed by atoms with E-state index in [1.807, 2.05) is 0 Å². The third-order valence-corrected chi connectivity index (χ3v) is 3.45. The van der Waals surface area contributed by atoms with Gasteiger partial charge in [-0.1, -0.05) is 26.0 Å². The molecule has 0 saturated heterocycles. The first-order chi connectivity index (χ1) is 5.12. The molecule has 0 aromatic carbocycles. The van der Waals surface area contributed by atoms with E-state index in [-0.39, 0.29) is 0 Å². The van der Waals surface area contributed by atoms with E-state index in [2.05, 4.69) is 26.0 Å². The van der Waals surface area contributed by atoms with Gasteiger partial charge in [0, 0.05) is 0 Å². The smallest absolute Gasteiger partial charge is 0.0223 e. The molecule has 0 unspecified atom stereocenters. The van der Waals surface area contributed by atoms with Crippen LogP contribution >= 0.6 is 0 Å². The Morgan fingerprint density at radius 1 is 1.00 bits per heavy atom. The summed E-state index contributed by atoms with van der Waals surface area (Å²) in [6, 6.07) is 0. The summed E-state index contributed by atoms with van der Waals surface area (Å²) >= 11 is 0. The third kappa shape index (κ3) is 1.23. The maximum absolute atomic E-state index is 2.42. The molecule has 0 N–H and O–H groups in total. The van der Waals surface area contributed by atoms with E-state index >= 15 is 0 Å². The molecule has 0 heterocycles. The lowest BCUT2D eigenvalue weighted by atomic mass is 9.80. The Hall–Kier alpha value is -0.260. The summed E-state index contributed by atoms with van der Waals surface area (Å²) in [7, 11) is 0. The van der Waals surface area contributed by atoms with Gasteiger partial charge in [-0.2, -0.15) is 0 Å². The van der Waals surface area contributed by atoms with Crippen LogP contribution in [-0.2, 0) is 0 Å². The van der Waals surface area contributed by atoms with Crippen molar-refractivity contribution in [2.24, 2.45) is 10.8 Å². The van der Waals surface area contributed by atoms with Gasteiger partial charge in [-0.15, -0.1) is 0 Å². The van der Waals surface area contributed by atoms with E-state index in [0.717, 1.165) is 0 Å². The fourth-order valence-electron chi connectivity index (χ4n) is 2.89. The lowest BCUT2D eigenvalue weighted by Crippen LogP contribution is -2.14. The molecular weight excluding hydrogens is 132 g/mol. The lowest BCUT2D eigenvalue weighted by Gasteiger charge is -2.25. The average molecular weight is 150 g/mol. The molecule has 0 atom stereocenters. The van der Waals surface area contributed by atoms with E-state index in [9.17, 15) is 0 Å². The van der Waals surface area contributed by atoms with Crippen LogP contribution in [0.5, 0.6) is 0 Å². The first-order valence-electron chi connectivity index (χ1n) is 4.77. The van der Waals surface area contributed by atoms with Crippen molar-refractivity contribution in [2.75, 3.05) is 0 Å². The van der Waals surface area contributed by atoms with Gasteiger partial charge in [0.05, 0.1) is 0 Å². The Bertz CT molecular complexity index is 178. The number of hydrogen-bond acceptors (Lipinski definition) is 0. The zero-order valence-electron chi connectivity index (χ0n) is 7.69. The quantitative estimate of drug-likeness (QED) is 0.463. The second-order valence-electron chi connectivity index (χ2n) is 5.22. The maximum Gasteiger partial charge on any atom is -0.0223 e. The normalized spacial score (nSPS) is 31.8. The van der Waals surface area contributed by atoms with E-state index < -0.39 is 0 Å². The first-order valence-corrected chi connectivity index (χ1v) is 4.77. The highest BCUT2D eigenvalue weighted by atomic mass is 14.5. The first kappa shape index (κ1) is 7.39. The standard InChI is InChI=1S/C11H18/c1-10(2)7-8-11(9-10)5-3-4-6-11/h3-4H,5-9H2,1-2H3. The molecule has 62 valence electrons. The Labute approximate surface area is 69.7 Å². The van der Waals surface area contributed by atoms with Crippen LogP contribution in [0.4, 0.5) is 0 Å². The van der Waals surface area contributed by atoms with E-state index in [1.165, 1.54) is 32.1 Å². The number of rotatable bonds is 0. The molecule has 0 heteroatoms. The summed E-state index contributed by atoms with van der Waals surface area (Å²) in [6.07, 6.45) is 11.8. The molecule has 0 radical (unpaired) electrons. The molecule has 2 aliphatic rings. The van der Waals surface area contributed by atoms with Gasteiger partial charge >= 0.3 is 0 Å². The summed E-state index contributed by atoms with van der Waals surface area (Å²) in [4.78, 5) is 0. The number of hydrogen-bond donors (Lipinski definition) is 0. The molecule has 0 bridgehead atoms. The minimum atomic E-state index is 0.631. The van der Waals surface area contributed by atoms with Crippen LogP contribution in [0, 0.1) is 10.8 Å². The van der Waals surface area contributed by atoms with Crippen LogP contribution in [0.1, 0.15) is 46.0 Å². The van der Waals surface area contributed by atoms with Gasteiger partial charge in [0.15, 0.2) is 0 Å². The maximum atomic E-state index is 2.42. The van der Waals surface area contributed by atoms with Gasteiger partial charge in [-0.3, -0.25) is 0 Å². The molecule has 0 aromatic rings. The summed E-state index contributed by atoms with van der Waals surface area (Å²) in [5.74, 6) is 0. The van der Waals surface area contributed by atoms with Crippen molar-refractivity contribution in [1.82, 2.24) is 0 Å². The molecular formula is C11H18. The van der Waals surface area contributed by atoms with Gasteiger partial charge in [0.1, 0.15) is 0 Å². The molecule has 0 aliphatic heterocycles. The molecule has 1 spiro atoms. The Kier molecular flexibility index (Phi) is 1.42. The molecule has 11 heavy (non-hydrogen) atoms. The second kappa shape index (κ2) is 2.12. The zero-order chi connectivity index (χ0) is 7.95. The monoisotopic (exact) mass is 150 g/mol.